The number of ether oxygens (including phenoxy) is 2. The fraction of sp³-hybridized carbons (Fsp3) is 0.556. The number of nitrogens with one attached hydrogen (secondary N) is 1. The van der Waals surface area contributed by atoms with Gasteiger partial charge in [0.1, 0.15) is 11.4 Å². The molecule has 23 heavy (non-hydrogen) atoms. The summed E-state index contributed by atoms with van der Waals surface area (Å²) in [4.78, 5) is 23.1. The van der Waals surface area contributed by atoms with Gasteiger partial charge in [0.05, 0.1) is 6.61 Å². The zero-order valence-electron chi connectivity index (χ0n) is 14.3. The number of ketones is 1. The van der Waals surface area contributed by atoms with E-state index in [9.17, 15) is 9.59 Å². The molecule has 0 heterocycles. The lowest BCUT2D eigenvalue weighted by Crippen LogP contribution is -2.33. The van der Waals surface area contributed by atoms with Gasteiger partial charge in [-0.3, -0.25) is 4.79 Å². The predicted molar refractivity (Wildman–Crippen MR) is 89.2 cm³/mol. The average molecular weight is 321 g/mol. The highest BCUT2D eigenvalue weighted by molar-refractivity contribution is 5.79. The molecule has 0 aliphatic carbocycles. The van der Waals surface area contributed by atoms with Crippen LogP contribution in [0.5, 0.6) is 0 Å². The molecule has 0 radical (unpaired) electrons. The van der Waals surface area contributed by atoms with Crippen LogP contribution in [-0.2, 0) is 20.9 Å². The minimum absolute atomic E-state index is 0.115. The van der Waals surface area contributed by atoms with Gasteiger partial charge in [0.15, 0.2) is 0 Å². The van der Waals surface area contributed by atoms with Crippen molar-refractivity contribution in [3.05, 3.63) is 35.9 Å². The maximum absolute atomic E-state index is 11.7. The second-order valence-electron chi connectivity index (χ2n) is 6.36. The molecule has 0 fully saturated rings. The Labute approximate surface area is 138 Å². The van der Waals surface area contributed by atoms with Crippen molar-refractivity contribution in [2.75, 3.05) is 13.2 Å². The Morgan fingerprint density at radius 1 is 1.09 bits per heavy atom. The quantitative estimate of drug-likeness (QED) is 0.707. The van der Waals surface area contributed by atoms with Crippen molar-refractivity contribution in [1.29, 1.82) is 0 Å². The van der Waals surface area contributed by atoms with Crippen molar-refractivity contribution in [3.63, 3.8) is 0 Å². The van der Waals surface area contributed by atoms with Crippen LogP contribution >= 0.6 is 0 Å². The number of hydrogen-bond donors (Lipinski definition) is 1. The summed E-state index contributed by atoms with van der Waals surface area (Å²) in [5.74, 6) is 0.115. The fourth-order valence-corrected chi connectivity index (χ4v) is 1.88. The Kier molecular flexibility index (Phi) is 8.33. The summed E-state index contributed by atoms with van der Waals surface area (Å²) < 4.78 is 10.6. The number of hydrogen-bond acceptors (Lipinski definition) is 4. The molecule has 5 nitrogen and oxygen atoms in total. The van der Waals surface area contributed by atoms with E-state index in [2.05, 4.69) is 5.32 Å². The molecule has 1 rings (SSSR count). The predicted octanol–water partition coefficient (Wildman–Crippen LogP) is 3.47. The lowest BCUT2D eigenvalue weighted by Gasteiger charge is -2.19. The molecule has 0 aliphatic heterocycles. The smallest absolute Gasteiger partial charge is 0.407 e. The summed E-state index contributed by atoms with van der Waals surface area (Å²) in [5, 5.41) is 2.58. The normalized spacial score (nSPS) is 11.1. The molecule has 5 heteroatoms. The number of rotatable bonds is 9. The molecule has 0 saturated heterocycles. The Morgan fingerprint density at radius 3 is 2.43 bits per heavy atom. The molecule has 1 aromatic rings. The van der Waals surface area contributed by atoms with Gasteiger partial charge in [-0.25, -0.2) is 4.79 Å². The number of alkyl carbamates (subject to hydrolysis) is 1. The molecule has 0 bridgehead atoms. The number of carbonyl (C=O) groups is 2. The minimum atomic E-state index is -0.524. The molecule has 0 aromatic heterocycles. The van der Waals surface area contributed by atoms with Gasteiger partial charge in [-0.1, -0.05) is 30.3 Å². The van der Waals surface area contributed by atoms with E-state index in [0.717, 1.165) is 5.56 Å². The number of benzene rings is 1. The van der Waals surface area contributed by atoms with Crippen LogP contribution in [0.3, 0.4) is 0 Å². The third-order valence-corrected chi connectivity index (χ3v) is 2.93. The van der Waals surface area contributed by atoms with Crippen LogP contribution < -0.4 is 5.32 Å². The zero-order chi connectivity index (χ0) is 17.1. The van der Waals surface area contributed by atoms with Gasteiger partial charge in [-0.2, -0.15) is 0 Å². The molecule has 0 saturated carbocycles. The lowest BCUT2D eigenvalue weighted by atomic mass is 10.2. The van der Waals surface area contributed by atoms with Crippen molar-refractivity contribution >= 4 is 11.9 Å². The van der Waals surface area contributed by atoms with Crippen molar-refractivity contribution in [2.24, 2.45) is 0 Å². The van der Waals surface area contributed by atoms with E-state index in [4.69, 9.17) is 9.47 Å². The van der Waals surface area contributed by atoms with Crippen molar-refractivity contribution in [2.45, 2.75) is 52.2 Å². The molecular formula is C18H27NO4. The van der Waals surface area contributed by atoms with E-state index in [-0.39, 0.29) is 5.78 Å². The van der Waals surface area contributed by atoms with Gasteiger partial charge in [-0.05, 0) is 32.8 Å². The second kappa shape index (κ2) is 10.0. The van der Waals surface area contributed by atoms with E-state index in [1.165, 1.54) is 0 Å². The summed E-state index contributed by atoms with van der Waals surface area (Å²) >= 11 is 0. The highest BCUT2D eigenvalue weighted by Crippen LogP contribution is 2.06. The molecule has 1 N–H and O–H groups in total. The number of amides is 1. The Morgan fingerprint density at radius 2 is 1.78 bits per heavy atom. The van der Waals surface area contributed by atoms with Gasteiger partial charge in [0.2, 0.25) is 0 Å². The molecule has 128 valence electrons. The highest BCUT2D eigenvalue weighted by atomic mass is 16.6. The molecule has 0 atom stereocenters. The van der Waals surface area contributed by atoms with Crippen LogP contribution in [0, 0.1) is 0 Å². The summed E-state index contributed by atoms with van der Waals surface area (Å²) in [7, 11) is 0. The number of Topliss-reactive ketones (excluding diaryl/α,β-unsaturated/α-hetero) is 1. The van der Waals surface area contributed by atoms with Gasteiger partial charge in [0, 0.05) is 26.0 Å². The van der Waals surface area contributed by atoms with E-state index in [1.807, 2.05) is 30.3 Å². The van der Waals surface area contributed by atoms with Crippen LogP contribution in [0.4, 0.5) is 4.79 Å². The van der Waals surface area contributed by atoms with E-state index in [1.54, 1.807) is 20.8 Å². The Hall–Kier alpha value is -1.88. The first kappa shape index (κ1) is 19.2. The van der Waals surface area contributed by atoms with Crippen molar-refractivity contribution in [3.8, 4) is 0 Å². The van der Waals surface area contributed by atoms with Gasteiger partial charge >= 0.3 is 6.09 Å². The summed E-state index contributed by atoms with van der Waals surface area (Å²) in [6.45, 7) is 6.82. The SMILES string of the molecule is CC(C)(C)OC(=O)NCCC(=O)CCCOCc1ccccc1. The summed E-state index contributed by atoms with van der Waals surface area (Å²) in [6.07, 6.45) is 0.984. The van der Waals surface area contributed by atoms with Gasteiger partial charge in [0.25, 0.3) is 0 Å². The lowest BCUT2D eigenvalue weighted by molar-refractivity contribution is -0.119. The summed E-state index contributed by atoms with van der Waals surface area (Å²) in [5.41, 5.74) is 0.602. The van der Waals surface area contributed by atoms with Crippen molar-refractivity contribution in [1.82, 2.24) is 5.32 Å². The molecule has 0 aliphatic rings. The molecule has 0 unspecified atom stereocenters. The van der Waals surface area contributed by atoms with E-state index >= 15 is 0 Å². The van der Waals surface area contributed by atoms with Crippen LogP contribution in [0.15, 0.2) is 30.3 Å². The third kappa shape index (κ3) is 10.5. The maximum Gasteiger partial charge on any atom is 0.407 e. The first-order valence-corrected chi connectivity index (χ1v) is 7.97. The topological polar surface area (TPSA) is 64.6 Å². The minimum Gasteiger partial charge on any atom is -0.444 e. The standard InChI is InChI=1S/C18H27NO4/c1-18(2,3)23-17(21)19-12-11-16(20)10-7-13-22-14-15-8-5-4-6-9-15/h4-6,8-9H,7,10-14H2,1-3H3,(H,19,21). The first-order chi connectivity index (χ1) is 10.9. The van der Waals surface area contributed by atoms with Crippen molar-refractivity contribution < 1.29 is 19.1 Å². The monoisotopic (exact) mass is 321 g/mol. The van der Waals surface area contributed by atoms with Crippen LogP contribution in [0.25, 0.3) is 0 Å². The fourth-order valence-electron chi connectivity index (χ4n) is 1.88. The van der Waals surface area contributed by atoms with E-state index < -0.39 is 11.7 Å². The maximum atomic E-state index is 11.7. The number of carbonyl (C=O) groups excluding carboxylic acids is 2. The Balaban J connectivity index is 2.01. The van der Waals surface area contributed by atoms with Crippen LogP contribution in [0.2, 0.25) is 0 Å². The molecular weight excluding hydrogens is 294 g/mol. The van der Waals surface area contributed by atoms with Gasteiger partial charge in [-0.15, -0.1) is 0 Å². The Bertz CT molecular complexity index is 480. The largest absolute Gasteiger partial charge is 0.444 e. The second-order valence-corrected chi connectivity index (χ2v) is 6.36. The molecule has 0 spiro atoms. The molecule has 1 amide bonds. The van der Waals surface area contributed by atoms with Crippen LogP contribution in [-0.4, -0.2) is 30.6 Å². The first-order valence-electron chi connectivity index (χ1n) is 7.97. The highest BCUT2D eigenvalue weighted by Gasteiger charge is 2.15. The summed E-state index contributed by atoms with van der Waals surface area (Å²) in [6, 6.07) is 9.92. The average Bonchev–Trinajstić information content (AvgIpc) is 2.46. The third-order valence-electron chi connectivity index (χ3n) is 2.93. The van der Waals surface area contributed by atoms with E-state index in [0.29, 0.717) is 39.0 Å². The molecule has 1 aromatic carbocycles. The zero-order valence-corrected chi connectivity index (χ0v) is 14.3. The van der Waals surface area contributed by atoms with Crippen LogP contribution in [0.1, 0.15) is 45.6 Å². The van der Waals surface area contributed by atoms with Gasteiger partial charge < -0.3 is 14.8 Å².